The van der Waals surface area contributed by atoms with Gasteiger partial charge in [0.1, 0.15) is 28.6 Å². The van der Waals surface area contributed by atoms with Crippen molar-refractivity contribution in [2.45, 2.75) is 6.54 Å². The highest BCUT2D eigenvalue weighted by Crippen LogP contribution is 2.24. The first-order valence-corrected chi connectivity index (χ1v) is 7.77. The largest absolute Gasteiger partial charge is 0.760 e. The molecular weight excluding hydrogens is 342 g/mol. The highest BCUT2D eigenvalue weighted by atomic mass is 32.2. The van der Waals surface area contributed by atoms with Gasteiger partial charge >= 0.3 is 0 Å². The van der Waals surface area contributed by atoms with Gasteiger partial charge in [0.05, 0.1) is 12.6 Å². The Labute approximate surface area is 137 Å². The standard InChI is InChI=1S/C14H12F2N4O3S/c1-23-9-2-3-13-12(5-9)18-19-20(13)14-6-10(15)8(4-11(14)16)7-17-24(21)22/h2-6,17H,7H2,1H3,(H,21,22)/p-1. The lowest BCUT2D eigenvalue weighted by Gasteiger charge is -2.10. The third kappa shape index (κ3) is 3.11. The molecule has 1 heterocycles. The molecule has 0 bridgehead atoms. The first-order chi connectivity index (χ1) is 11.5. The number of benzene rings is 2. The van der Waals surface area contributed by atoms with Crippen LogP contribution in [0.15, 0.2) is 30.3 Å². The molecule has 0 amide bonds. The summed E-state index contributed by atoms with van der Waals surface area (Å²) in [6, 6.07) is 6.76. The third-order valence-electron chi connectivity index (χ3n) is 3.38. The molecule has 3 rings (SSSR count). The molecule has 10 heteroatoms. The molecule has 3 aromatic rings. The minimum Gasteiger partial charge on any atom is -0.760 e. The average Bonchev–Trinajstić information content (AvgIpc) is 2.97. The van der Waals surface area contributed by atoms with Crippen molar-refractivity contribution >= 4 is 22.3 Å². The van der Waals surface area contributed by atoms with E-state index >= 15 is 0 Å². The van der Waals surface area contributed by atoms with Crippen LogP contribution in [-0.2, 0) is 17.8 Å². The van der Waals surface area contributed by atoms with Gasteiger partial charge in [0.15, 0.2) is 0 Å². The van der Waals surface area contributed by atoms with E-state index in [1.807, 2.05) is 4.72 Å². The van der Waals surface area contributed by atoms with Gasteiger partial charge < -0.3 is 9.29 Å². The second-order valence-corrected chi connectivity index (χ2v) is 5.56. The summed E-state index contributed by atoms with van der Waals surface area (Å²) in [4.78, 5) is 0. The Balaban J connectivity index is 2.03. The number of nitrogens with zero attached hydrogens (tertiary/aromatic N) is 3. The zero-order valence-electron chi connectivity index (χ0n) is 12.3. The zero-order valence-corrected chi connectivity index (χ0v) is 13.1. The molecule has 0 aliphatic heterocycles. The molecule has 1 atom stereocenters. The maximum absolute atomic E-state index is 14.3. The second-order valence-electron chi connectivity index (χ2n) is 4.81. The Bertz CT molecular complexity index is 932. The van der Waals surface area contributed by atoms with Crippen molar-refractivity contribution in [3.8, 4) is 11.4 Å². The van der Waals surface area contributed by atoms with Crippen molar-refractivity contribution in [3.05, 3.63) is 47.5 Å². The van der Waals surface area contributed by atoms with Crippen molar-refractivity contribution < 1.29 is 22.3 Å². The van der Waals surface area contributed by atoms with E-state index in [4.69, 9.17) is 4.74 Å². The lowest BCUT2D eigenvalue weighted by molar-refractivity contribution is 0.415. The highest BCUT2D eigenvalue weighted by Gasteiger charge is 2.15. The molecule has 0 aliphatic rings. The summed E-state index contributed by atoms with van der Waals surface area (Å²) in [5.41, 5.74) is 0.681. The van der Waals surface area contributed by atoms with Crippen molar-refractivity contribution in [1.29, 1.82) is 0 Å². The van der Waals surface area contributed by atoms with Gasteiger partial charge in [-0.1, -0.05) is 5.21 Å². The second kappa shape index (κ2) is 6.59. The van der Waals surface area contributed by atoms with Crippen molar-refractivity contribution in [2.75, 3.05) is 7.11 Å². The summed E-state index contributed by atoms with van der Waals surface area (Å²) in [5.74, 6) is -0.956. The van der Waals surface area contributed by atoms with Crippen LogP contribution < -0.4 is 9.46 Å². The maximum atomic E-state index is 14.3. The Kier molecular flexibility index (Phi) is 4.51. The Morgan fingerprint density at radius 1 is 1.29 bits per heavy atom. The molecule has 1 N–H and O–H groups in total. The topological polar surface area (TPSA) is 92.1 Å². The number of aromatic nitrogens is 3. The monoisotopic (exact) mass is 353 g/mol. The number of halogens is 2. The number of hydrogen-bond donors (Lipinski definition) is 1. The first kappa shape index (κ1) is 16.4. The van der Waals surface area contributed by atoms with Crippen LogP contribution in [0.25, 0.3) is 16.7 Å². The Morgan fingerprint density at radius 2 is 2.08 bits per heavy atom. The summed E-state index contributed by atoms with van der Waals surface area (Å²) in [5, 5.41) is 7.74. The summed E-state index contributed by atoms with van der Waals surface area (Å²) in [6.07, 6.45) is 0. The van der Waals surface area contributed by atoms with E-state index in [0.29, 0.717) is 16.8 Å². The van der Waals surface area contributed by atoms with Crippen LogP contribution in [-0.4, -0.2) is 30.9 Å². The smallest absolute Gasteiger partial charge is 0.149 e. The van der Waals surface area contributed by atoms with Gasteiger partial charge in [-0.25, -0.2) is 18.2 Å². The lowest BCUT2D eigenvalue weighted by Crippen LogP contribution is -2.17. The minimum atomic E-state index is -2.57. The fourth-order valence-electron chi connectivity index (χ4n) is 2.22. The maximum Gasteiger partial charge on any atom is 0.149 e. The molecule has 24 heavy (non-hydrogen) atoms. The van der Waals surface area contributed by atoms with E-state index in [1.165, 1.54) is 7.11 Å². The van der Waals surface area contributed by atoms with Crippen LogP contribution >= 0.6 is 0 Å². The molecule has 1 unspecified atom stereocenters. The summed E-state index contributed by atoms with van der Waals surface area (Å²) in [6.45, 7) is -0.353. The van der Waals surface area contributed by atoms with Gasteiger partial charge in [0, 0.05) is 35.5 Å². The van der Waals surface area contributed by atoms with Crippen LogP contribution in [0.1, 0.15) is 5.56 Å². The average molecular weight is 353 g/mol. The van der Waals surface area contributed by atoms with Gasteiger partial charge in [-0.05, 0) is 18.2 Å². The first-order valence-electron chi connectivity index (χ1n) is 6.70. The molecule has 0 fully saturated rings. The molecule has 126 valence electrons. The van der Waals surface area contributed by atoms with Crippen LogP contribution in [0.3, 0.4) is 0 Å². The molecule has 0 aliphatic carbocycles. The predicted octanol–water partition coefficient (Wildman–Crippen LogP) is 1.59. The van der Waals surface area contributed by atoms with E-state index in [2.05, 4.69) is 10.3 Å². The molecule has 0 radical (unpaired) electrons. The summed E-state index contributed by atoms with van der Waals surface area (Å²) >= 11 is -2.57. The van der Waals surface area contributed by atoms with Gasteiger partial charge in [0.25, 0.3) is 0 Å². The zero-order chi connectivity index (χ0) is 17.3. The quantitative estimate of drug-likeness (QED) is 0.703. The Hall–Kier alpha value is -2.43. The molecule has 0 saturated heterocycles. The van der Waals surface area contributed by atoms with E-state index in [0.717, 1.165) is 16.8 Å². The number of methoxy groups -OCH3 is 1. The number of fused-ring (bicyclic) bond motifs is 1. The molecule has 7 nitrogen and oxygen atoms in total. The summed E-state index contributed by atoms with van der Waals surface area (Å²) in [7, 11) is 1.50. The predicted molar refractivity (Wildman–Crippen MR) is 81.1 cm³/mol. The number of rotatable bonds is 5. The van der Waals surface area contributed by atoms with Gasteiger partial charge in [-0.2, -0.15) is 0 Å². The molecular formula is C14H11F2N4O3S-. The fourth-order valence-corrected chi connectivity index (χ4v) is 2.49. The van der Waals surface area contributed by atoms with Crippen molar-refractivity contribution in [2.24, 2.45) is 0 Å². The Morgan fingerprint density at radius 3 is 2.79 bits per heavy atom. The van der Waals surface area contributed by atoms with Crippen LogP contribution in [0.4, 0.5) is 8.78 Å². The van der Waals surface area contributed by atoms with Gasteiger partial charge in [-0.15, -0.1) is 5.10 Å². The molecule has 0 spiro atoms. The molecule has 0 saturated carbocycles. The van der Waals surface area contributed by atoms with Crippen LogP contribution in [0, 0.1) is 11.6 Å². The van der Waals surface area contributed by atoms with Crippen LogP contribution in [0.2, 0.25) is 0 Å². The van der Waals surface area contributed by atoms with Gasteiger partial charge in [-0.3, -0.25) is 4.21 Å². The van der Waals surface area contributed by atoms with Gasteiger partial charge in [0.2, 0.25) is 0 Å². The normalized spacial score (nSPS) is 12.5. The molecule has 1 aromatic heterocycles. The van der Waals surface area contributed by atoms with E-state index in [-0.39, 0.29) is 17.8 Å². The van der Waals surface area contributed by atoms with Crippen molar-refractivity contribution in [1.82, 2.24) is 19.7 Å². The lowest BCUT2D eigenvalue weighted by atomic mass is 10.2. The van der Waals surface area contributed by atoms with Crippen molar-refractivity contribution in [3.63, 3.8) is 0 Å². The summed E-state index contributed by atoms with van der Waals surface area (Å²) < 4.78 is 57.6. The fraction of sp³-hybridized carbons (Fsp3) is 0.143. The van der Waals surface area contributed by atoms with Crippen LogP contribution in [0.5, 0.6) is 5.75 Å². The number of hydrogen-bond acceptors (Lipinski definition) is 5. The highest BCUT2D eigenvalue weighted by molar-refractivity contribution is 7.77. The van der Waals surface area contributed by atoms with E-state index in [1.54, 1.807) is 18.2 Å². The SMILES string of the molecule is COc1ccc2c(c1)nnn2-c1cc(F)c(CNS(=O)[O-])cc1F. The van der Waals surface area contributed by atoms with E-state index < -0.39 is 22.9 Å². The van der Waals surface area contributed by atoms with E-state index in [9.17, 15) is 17.5 Å². The minimum absolute atomic E-state index is 0.119. The third-order valence-corrected chi connectivity index (χ3v) is 3.76. The number of nitrogens with one attached hydrogen (secondary N) is 1. The molecule has 2 aromatic carbocycles. The number of ether oxygens (including phenoxy) is 1.